The molecule has 0 amide bonds. The summed E-state index contributed by atoms with van der Waals surface area (Å²) in [6.07, 6.45) is 1.49. The van der Waals surface area contributed by atoms with E-state index in [4.69, 9.17) is 5.26 Å². The number of hydrogen-bond donors (Lipinski definition) is 0. The summed E-state index contributed by atoms with van der Waals surface area (Å²) >= 11 is 0. The van der Waals surface area contributed by atoms with Gasteiger partial charge in [0.15, 0.2) is 5.78 Å². The van der Waals surface area contributed by atoms with E-state index < -0.39 is 0 Å². The molecule has 1 rings (SSSR count). The Hall–Kier alpha value is -1.95. The van der Waals surface area contributed by atoms with Crippen molar-refractivity contribution in [3.05, 3.63) is 40.7 Å². The van der Waals surface area contributed by atoms with E-state index in [0.717, 1.165) is 0 Å². The van der Waals surface area contributed by atoms with E-state index in [-0.39, 0.29) is 23.1 Å². The molecule has 1 aromatic rings. The van der Waals surface area contributed by atoms with Crippen molar-refractivity contribution in [2.75, 3.05) is 0 Å². The summed E-state index contributed by atoms with van der Waals surface area (Å²) in [5.41, 5.74) is 1.26. The second-order valence-corrected chi connectivity index (χ2v) is 4.20. The van der Waals surface area contributed by atoms with Crippen LogP contribution in [0.15, 0.2) is 23.8 Å². The average molecular weight is 231 g/mol. The van der Waals surface area contributed by atoms with E-state index in [1.807, 2.05) is 6.07 Å². The van der Waals surface area contributed by atoms with E-state index in [1.54, 1.807) is 32.9 Å². The molecule has 0 aliphatic heterocycles. The van der Waals surface area contributed by atoms with Gasteiger partial charge in [-0.3, -0.25) is 4.79 Å². The number of ketones is 1. The minimum absolute atomic E-state index is 0.103. The van der Waals surface area contributed by atoms with Crippen LogP contribution in [-0.4, -0.2) is 5.78 Å². The van der Waals surface area contributed by atoms with Gasteiger partial charge < -0.3 is 0 Å². The van der Waals surface area contributed by atoms with Crippen LogP contribution in [-0.2, 0) is 4.79 Å². The maximum Gasteiger partial charge on any atom is 0.175 e. The average Bonchev–Trinajstić information content (AvgIpc) is 2.29. The van der Waals surface area contributed by atoms with E-state index in [0.29, 0.717) is 11.1 Å². The molecule has 0 aromatic heterocycles. The molecule has 3 heteroatoms. The lowest BCUT2D eigenvalue weighted by molar-refractivity contribution is -0.117. The molecule has 2 nitrogen and oxygen atoms in total. The fourth-order valence-corrected chi connectivity index (χ4v) is 1.39. The molecule has 0 saturated carbocycles. The van der Waals surface area contributed by atoms with Gasteiger partial charge in [-0.2, -0.15) is 5.26 Å². The molecule has 0 N–H and O–H groups in total. The molecule has 0 aliphatic carbocycles. The first-order valence-electron chi connectivity index (χ1n) is 5.38. The van der Waals surface area contributed by atoms with E-state index in [9.17, 15) is 9.18 Å². The number of halogens is 1. The van der Waals surface area contributed by atoms with Gasteiger partial charge in [-0.25, -0.2) is 4.39 Å². The number of carbonyl (C=O) groups excluding carboxylic acids is 1. The minimum Gasteiger partial charge on any atom is -0.293 e. The van der Waals surface area contributed by atoms with Crippen molar-refractivity contribution in [3.8, 4) is 6.07 Å². The van der Waals surface area contributed by atoms with Crippen molar-refractivity contribution < 1.29 is 9.18 Å². The van der Waals surface area contributed by atoms with Gasteiger partial charge in [-0.05, 0) is 36.3 Å². The molecule has 0 fully saturated rings. The summed E-state index contributed by atoms with van der Waals surface area (Å²) in [6.45, 7) is 5.12. The highest BCUT2D eigenvalue weighted by Gasteiger charge is 2.13. The van der Waals surface area contributed by atoms with Gasteiger partial charge in [0.2, 0.25) is 0 Å². The van der Waals surface area contributed by atoms with Crippen LogP contribution >= 0.6 is 0 Å². The Morgan fingerprint density at radius 2 is 2.12 bits per heavy atom. The molecule has 0 radical (unpaired) electrons. The van der Waals surface area contributed by atoms with Crippen molar-refractivity contribution in [1.82, 2.24) is 0 Å². The van der Waals surface area contributed by atoms with Crippen molar-refractivity contribution in [2.24, 2.45) is 5.92 Å². The normalized spacial score (nSPS) is 11.4. The lowest BCUT2D eigenvalue weighted by Gasteiger charge is -2.03. The first-order chi connectivity index (χ1) is 7.95. The number of aryl methyl sites for hydroxylation is 1. The van der Waals surface area contributed by atoms with Crippen molar-refractivity contribution in [1.29, 1.82) is 5.26 Å². The summed E-state index contributed by atoms with van der Waals surface area (Å²) in [5, 5.41) is 8.92. The number of rotatable bonds is 3. The molecule has 0 saturated heterocycles. The lowest BCUT2D eigenvalue weighted by atomic mass is 9.99. The number of allylic oxidation sites excluding steroid dienone is 1. The van der Waals surface area contributed by atoms with Crippen LogP contribution in [0.4, 0.5) is 4.39 Å². The lowest BCUT2D eigenvalue weighted by Crippen LogP contribution is -2.08. The van der Waals surface area contributed by atoms with E-state index in [2.05, 4.69) is 0 Å². The van der Waals surface area contributed by atoms with Crippen LogP contribution in [0.25, 0.3) is 6.08 Å². The number of hydrogen-bond acceptors (Lipinski definition) is 2. The largest absolute Gasteiger partial charge is 0.293 e. The van der Waals surface area contributed by atoms with Gasteiger partial charge in [0.05, 0.1) is 5.57 Å². The summed E-state index contributed by atoms with van der Waals surface area (Å²) in [4.78, 5) is 11.7. The fraction of sp³-hybridized carbons (Fsp3) is 0.286. The van der Waals surface area contributed by atoms with Gasteiger partial charge in [-0.1, -0.05) is 19.9 Å². The third-order valence-corrected chi connectivity index (χ3v) is 2.40. The van der Waals surface area contributed by atoms with Crippen LogP contribution in [0, 0.1) is 30.0 Å². The third-order valence-electron chi connectivity index (χ3n) is 2.40. The molecule has 0 bridgehead atoms. The maximum atomic E-state index is 13.1. The van der Waals surface area contributed by atoms with Gasteiger partial charge in [0.1, 0.15) is 11.9 Å². The number of Topliss-reactive ketones (excluding diaryl/α,β-unsaturated/α-hetero) is 1. The van der Waals surface area contributed by atoms with Gasteiger partial charge in [0.25, 0.3) is 0 Å². The third kappa shape index (κ3) is 3.25. The molecule has 0 spiro atoms. The highest BCUT2D eigenvalue weighted by Crippen LogP contribution is 2.14. The monoisotopic (exact) mass is 231 g/mol. The Bertz CT molecular complexity index is 509. The molecule has 0 heterocycles. The molecule has 0 aliphatic rings. The summed E-state index contributed by atoms with van der Waals surface area (Å²) in [5.74, 6) is -0.715. The van der Waals surface area contributed by atoms with Crippen LogP contribution in [0.3, 0.4) is 0 Å². The first kappa shape index (κ1) is 13.1. The Kier molecular flexibility index (Phi) is 4.17. The molecule has 17 heavy (non-hydrogen) atoms. The van der Waals surface area contributed by atoms with Crippen molar-refractivity contribution >= 4 is 11.9 Å². The fourth-order valence-electron chi connectivity index (χ4n) is 1.39. The Labute approximate surface area is 100 Å². The Morgan fingerprint density at radius 1 is 1.47 bits per heavy atom. The van der Waals surface area contributed by atoms with Crippen LogP contribution in [0.5, 0.6) is 0 Å². The van der Waals surface area contributed by atoms with E-state index in [1.165, 1.54) is 12.1 Å². The first-order valence-corrected chi connectivity index (χ1v) is 5.38. The SMILES string of the molecule is Cc1cc(C=C(C#N)C(=O)C(C)C)ccc1F. The quantitative estimate of drug-likeness (QED) is 0.591. The minimum atomic E-state index is -0.296. The predicted molar refractivity (Wildman–Crippen MR) is 64.6 cm³/mol. The van der Waals surface area contributed by atoms with Gasteiger partial charge in [0, 0.05) is 5.92 Å². The number of carbonyl (C=O) groups is 1. The van der Waals surface area contributed by atoms with E-state index >= 15 is 0 Å². The molecular formula is C14H14FNO. The summed E-state index contributed by atoms with van der Waals surface area (Å²) < 4.78 is 13.1. The van der Waals surface area contributed by atoms with Gasteiger partial charge in [-0.15, -0.1) is 0 Å². The highest BCUT2D eigenvalue weighted by molar-refractivity contribution is 6.04. The Balaban J connectivity index is 3.12. The zero-order valence-corrected chi connectivity index (χ0v) is 10.1. The maximum absolute atomic E-state index is 13.1. The standard InChI is InChI=1S/C14H14FNO/c1-9(2)14(17)12(8-16)7-11-4-5-13(15)10(3)6-11/h4-7,9H,1-3H3. The molecular weight excluding hydrogens is 217 g/mol. The van der Waals surface area contributed by atoms with Gasteiger partial charge >= 0.3 is 0 Å². The number of benzene rings is 1. The number of nitriles is 1. The molecule has 0 unspecified atom stereocenters. The number of nitrogens with zero attached hydrogens (tertiary/aromatic N) is 1. The van der Waals surface area contributed by atoms with Crippen LogP contribution in [0.2, 0.25) is 0 Å². The highest BCUT2D eigenvalue weighted by atomic mass is 19.1. The second kappa shape index (κ2) is 5.40. The zero-order valence-electron chi connectivity index (χ0n) is 10.1. The summed E-state index contributed by atoms with van der Waals surface area (Å²) in [6, 6.07) is 6.37. The topological polar surface area (TPSA) is 40.9 Å². The Morgan fingerprint density at radius 3 is 2.59 bits per heavy atom. The smallest absolute Gasteiger partial charge is 0.175 e. The van der Waals surface area contributed by atoms with Crippen molar-refractivity contribution in [2.45, 2.75) is 20.8 Å². The zero-order chi connectivity index (χ0) is 13.0. The summed E-state index contributed by atoms with van der Waals surface area (Å²) in [7, 11) is 0. The van der Waals surface area contributed by atoms with Crippen LogP contribution < -0.4 is 0 Å². The van der Waals surface area contributed by atoms with Crippen molar-refractivity contribution in [3.63, 3.8) is 0 Å². The molecule has 1 aromatic carbocycles. The predicted octanol–water partition coefficient (Wildman–Crippen LogP) is 3.27. The van der Waals surface area contributed by atoms with Crippen LogP contribution in [0.1, 0.15) is 25.0 Å². The second-order valence-electron chi connectivity index (χ2n) is 4.20. The molecule has 0 atom stereocenters. The molecule has 88 valence electrons.